The molecule has 1 aliphatic heterocycles. The Balaban J connectivity index is 1.20. The van der Waals surface area contributed by atoms with Crippen molar-refractivity contribution in [3.05, 3.63) is 77.1 Å². The molecule has 0 unspecified atom stereocenters. The Hall–Kier alpha value is -3.08. The maximum absolute atomic E-state index is 13.3. The van der Waals surface area contributed by atoms with E-state index in [1.54, 1.807) is 0 Å². The number of aromatic nitrogens is 2. The molecule has 5 nitrogen and oxygen atoms in total. The molecule has 0 atom stereocenters. The van der Waals surface area contributed by atoms with Gasteiger partial charge in [0.2, 0.25) is 5.91 Å². The summed E-state index contributed by atoms with van der Waals surface area (Å²) in [5.74, 6) is 2.50. The molecule has 3 aliphatic rings. The van der Waals surface area contributed by atoms with E-state index in [0.717, 1.165) is 29.2 Å². The SMILES string of the molecule is O=C(NCCn1nc(C2CC2)cc1C1CC1)C1c2ccccc2Oc2ccccc21. The summed E-state index contributed by atoms with van der Waals surface area (Å²) in [6.45, 7) is 1.29. The van der Waals surface area contributed by atoms with Crippen LogP contribution in [-0.4, -0.2) is 22.2 Å². The summed E-state index contributed by atoms with van der Waals surface area (Å²) in [6, 6.07) is 17.9. The summed E-state index contributed by atoms with van der Waals surface area (Å²) in [7, 11) is 0. The molecule has 2 aromatic carbocycles. The van der Waals surface area contributed by atoms with Crippen molar-refractivity contribution >= 4 is 5.91 Å². The highest BCUT2D eigenvalue weighted by Gasteiger charge is 2.34. The molecule has 152 valence electrons. The summed E-state index contributed by atoms with van der Waals surface area (Å²) >= 11 is 0. The summed E-state index contributed by atoms with van der Waals surface area (Å²) < 4.78 is 8.15. The molecule has 30 heavy (non-hydrogen) atoms. The zero-order valence-electron chi connectivity index (χ0n) is 16.9. The highest BCUT2D eigenvalue weighted by molar-refractivity contribution is 5.89. The van der Waals surface area contributed by atoms with E-state index in [4.69, 9.17) is 9.84 Å². The molecule has 5 heteroatoms. The first-order valence-corrected chi connectivity index (χ1v) is 11.0. The van der Waals surface area contributed by atoms with Gasteiger partial charge in [0.25, 0.3) is 0 Å². The number of carbonyl (C=O) groups excluding carboxylic acids is 1. The number of ether oxygens (including phenoxy) is 1. The molecular weight excluding hydrogens is 374 g/mol. The maximum Gasteiger partial charge on any atom is 0.232 e. The first-order valence-electron chi connectivity index (χ1n) is 11.0. The Labute approximate surface area is 176 Å². The monoisotopic (exact) mass is 399 g/mol. The van der Waals surface area contributed by atoms with Crippen molar-refractivity contribution in [2.75, 3.05) is 6.54 Å². The lowest BCUT2D eigenvalue weighted by Crippen LogP contribution is -2.34. The molecule has 1 aromatic heterocycles. The maximum atomic E-state index is 13.3. The average Bonchev–Trinajstić information content (AvgIpc) is 3.70. The van der Waals surface area contributed by atoms with Crippen molar-refractivity contribution in [1.82, 2.24) is 15.1 Å². The molecule has 0 saturated heterocycles. The van der Waals surface area contributed by atoms with E-state index in [0.29, 0.717) is 18.4 Å². The lowest BCUT2D eigenvalue weighted by molar-refractivity contribution is -0.121. The van der Waals surface area contributed by atoms with Crippen molar-refractivity contribution in [3.63, 3.8) is 0 Å². The number of nitrogens with zero attached hydrogens (tertiary/aromatic N) is 2. The van der Waals surface area contributed by atoms with Crippen LogP contribution in [-0.2, 0) is 11.3 Å². The fourth-order valence-corrected chi connectivity index (χ4v) is 4.50. The molecule has 2 heterocycles. The topological polar surface area (TPSA) is 56.2 Å². The number of fused-ring (bicyclic) bond motifs is 2. The predicted molar refractivity (Wildman–Crippen MR) is 114 cm³/mol. The van der Waals surface area contributed by atoms with Crippen molar-refractivity contribution in [2.24, 2.45) is 0 Å². The van der Waals surface area contributed by atoms with E-state index in [1.165, 1.54) is 37.1 Å². The fourth-order valence-electron chi connectivity index (χ4n) is 4.50. The number of hydrogen-bond acceptors (Lipinski definition) is 3. The minimum Gasteiger partial charge on any atom is -0.457 e. The quantitative estimate of drug-likeness (QED) is 0.654. The van der Waals surface area contributed by atoms with Gasteiger partial charge in [0.1, 0.15) is 11.5 Å². The summed E-state index contributed by atoms with van der Waals surface area (Å²) in [5, 5.41) is 8.03. The Morgan fingerprint density at radius 1 is 0.967 bits per heavy atom. The predicted octanol–water partition coefficient (Wildman–Crippen LogP) is 4.69. The summed E-state index contributed by atoms with van der Waals surface area (Å²) in [5.41, 5.74) is 4.44. The van der Waals surface area contributed by atoms with Crippen LogP contribution in [0.1, 0.15) is 66.0 Å². The van der Waals surface area contributed by atoms with Gasteiger partial charge in [-0.3, -0.25) is 9.48 Å². The van der Waals surface area contributed by atoms with Crippen molar-refractivity contribution in [3.8, 4) is 11.5 Å². The van der Waals surface area contributed by atoms with Crippen LogP contribution in [0.2, 0.25) is 0 Å². The molecule has 1 N–H and O–H groups in total. The normalized spacial score (nSPS) is 17.7. The van der Waals surface area contributed by atoms with E-state index in [1.807, 2.05) is 48.5 Å². The molecular formula is C25H25N3O2. The minimum atomic E-state index is -0.353. The van der Waals surface area contributed by atoms with Gasteiger partial charge in [-0.2, -0.15) is 5.10 Å². The Bertz CT molecular complexity index is 1070. The number of benzene rings is 2. The lowest BCUT2D eigenvalue weighted by Gasteiger charge is -2.27. The van der Waals surface area contributed by atoms with Gasteiger partial charge >= 0.3 is 0 Å². The smallest absolute Gasteiger partial charge is 0.232 e. The van der Waals surface area contributed by atoms with E-state index < -0.39 is 0 Å². The van der Waals surface area contributed by atoms with E-state index in [-0.39, 0.29) is 11.8 Å². The second-order valence-corrected chi connectivity index (χ2v) is 8.67. The van der Waals surface area contributed by atoms with Gasteiger partial charge < -0.3 is 10.1 Å². The van der Waals surface area contributed by atoms with Gasteiger partial charge in [-0.25, -0.2) is 0 Å². The molecule has 2 aliphatic carbocycles. The van der Waals surface area contributed by atoms with Crippen molar-refractivity contribution in [1.29, 1.82) is 0 Å². The third-order valence-corrected chi connectivity index (χ3v) is 6.39. The van der Waals surface area contributed by atoms with Gasteiger partial charge in [-0.15, -0.1) is 0 Å². The summed E-state index contributed by atoms with van der Waals surface area (Å²) in [6.07, 6.45) is 5.05. The second kappa shape index (κ2) is 7.01. The highest BCUT2D eigenvalue weighted by atomic mass is 16.5. The molecule has 2 saturated carbocycles. The molecule has 0 bridgehead atoms. The Morgan fingerprint density at radius 2 is 1.60 bits per heavy atom. The third-order valence-electron chi connectivity index (χ3n) is 6.39. The van der Waals surface area contributed by atoms with Crippen LogP contribution < -0.4 is 10.1 Å². The number of hydrogen-bond donors (Lipinski definition) is 1. The van der Waals surface area contributed by atoms with Crippen LogP contribution in [0.5, 0.6) is 11.5 Å². The summed E-state index contributed by atoms with van der Waals surface area (Å²) in [4.78, 5) is 13.3. The zero-order valence-corrected chi connectivity index (χ0v) is 16.9. The van der Waals surface area contributed by atoms with E-state index >= 15 is 0 Å². The first-order chi connectivity index (χ1) is 14.8. The number of amides is 1. The van der Waals surface area contributed by atoms with Gasteiger partial charge in [-0.1, -0.05) is 36.4 Å². The minimum absolute atomic E-state index is 0.0146. The van der Waals surface area contributed by atoms with Crippen LogP contribution in [0.15, 0.2) is 54.6 Å². The van der Waals surface area contributed by atoms with Crippen LogP contribution >= 0.6 is 0 Å². The zero-order chi connectivity index (χ0) is 20.1. The number of carbonyl (C=O) groups is 1. The molecule has 2 fully saturated rings. The number of para-hydroxylation sites is 2. The van der Waals surface area contributed by atoms with E-state index in [2.05, 4.69) is 16.1 Å². The fraction of sp³-hybridized carbons (Fsp3) is 0.360. The van der Waals surface area contributed by atoms with Crippen LogP contribution in [0.4, 0.5) is 0 Å². The highest BCUT2D eigenvalue weighted by Crippen LogP contribution is 2.45. The van der Waals surface area contributed by atoms with Crippen LogP contribution in [0, 0.1) is 0 Å². The first kappa shape index (κ1) is 17.8. The van der Waals surface area contributed by atoms with Crippen LogP contribution in [0.3, 0.4) is 0 Å². The lowest BCUT2D eigenvalue weighted by atomic mass is 9.87. The second-order valence-electron chi connectivity index (χ2n) is 8.67. The van der Waals surface area contributed by atoms with Crippen molar-refractivity contribution < 1.29 is 9.53 Å². The standard InChI is InChI=1S/C25H25N3O2/c29-25(24-18-5-1-3-7-22(18)30-23-8-4-2-6-19(23)24)26-13-14-28-21(17-11-12-17)15-20(27-28)16-9-10-16/h1-8,15-17,24H,9-14H2,(H,26,29). The molecule has 0 radical (unpaired) electrons. The largest absolute Gasteiger partial charge is 0.457 e. The number of nitrogens with one attached hydrogen (secondary N) is 1. The van der Waals surface area contributed by atoms with Crippen LogP contribution in [0.25, 0.3) is 0 Å². The average molecular weight is 399 g/mol. The molecule has 1 amide bonds. The van der Waals surface area contributed by atoms with Gasteiger partial charge in [0.05, 0.1) is 18.2 Å². The Kier molecular flexibility index (Phi) is 4.15. The Morgan fingerprint density at radius 3 is 2.23 bits per heavy atom. The molecule has 0 spiro atoms. The van der Waals surface area contributed by atoms with Gasteiger partial charge in [0.15, 0.2) is 0 Å². The van der Waals surface area contributed by atoms with Gasteiger partial charge in [-0.05, 0) is 43.9 Å². The van der Waals surface area contributed by atoms with E-state index in [9.17, 15) is 4.79 Å². The van der Waals surface area contributed by atoms with Crippen molar-refractivity contribution in [2.45, 2.75) is 50.0 Å². The molecule has 6 rings (SSSR count). The molecule has 3 aromatic rings. The third kappa shape index (κ3) is 3.18. The van der Waals surface area contributed by atoms with Gasteiger partial charge in [0, 0.05) is 35.2 Å². The number of rotatable bonds is 6.